The molecule has 1 aliphatic rings. The number of anilines is 1. The molecule has 0 unspecified atom stereocenters. The van der Waals surface area contributed by atoms with Gasteiger partial charge in [-0.05, 0) is 37.5 Å². The number of hydrogen-bond donors (Lipinski definition) is 1. The zero-order valence-electron chi connectivity index (χ0n) is 11.9. The van der Waals surface area contributed by atoms with Crippen molar-refractivity contribution in [2.24, 2.45) is 0 Å². The van der Waals surface area contributed by atoms with Crippen molar-refractivity contribution < 1.29 is 0 Å². The Bertz CT molecular complexity index is 654. The van der Waals surface area contributed by atoms with Crippen LogP contribution in [0.5, 0.6) is 0 Å². The third kappa shape index (κ3) is 3.47. The summed E-state index contributed by atoms with van der Waals surface area (Å²) in [6.07, 6.45) is 3.47. The fourth-order valence-electron chi connectivity index (χ4n) is 2.19. The van der Waals surface area contributed by atoms with Gasteiger partial charge >= 0.3 is 0 Å². The first-order valence-electron chi connectivity index (χ1n) is 7.25. The van der Waals surface area contributed by atoms with Crippen molar-refractivity contribution in [3.63, 3.8) is 0 Å². The minimum atomic E-state index is 0.569. The Labute approximate surface area is 134 Å². The van der Waals surface area contributed by atoms with Crippen LogP contribution in [0.1, 0.15) is 37.8 Å². The van der Waals surface area contributed by atoms with Crippen molar-refractivity contribution in [2.45, 2.75) is 32.1 Å². The molecule has 0 bridgehead atoms. The number of halogens is 2. The van der Waals surface area contributed by atoms with E-state index in [4.69, 9.17) is 23.2 Å². The fourth-order valence-corrected chi connectivity index (χ4v) is 2.68. The minimum Gasteiger partial charge on any atom is -0.370 e. The van der Waals surface area contributed by atoms with Gasteiger partial charge in [-0.2, -0.15) is 0 Å². The van der Waals surface area contributed by atoms with E-state index < -0.39 is 0 Å². The first kappa shape index (κ1) is 14.6. The van der Waals surface area contributed by atoms with E-state index in [9.17, 15) is 0 Å². The van der Waals surface area contributed by atoms with Crippen molar-refractivity contribution in [3.8, 4) is 11.4 Å². The summed E-state index contributed by atoms with van der Waals surface area (Å²) in [5.74, 6) is 2.11. The number of nitrogens with zero attached hydrogens (tertiary/aromatic N) is 2. The Balaban J connectivity index is 2.01. The molecule has 0 aliphatic heterocycles. The largest absolute Gasteiger partial charge is 0.370 e. The number of nitrogens with one attached hydrogen (secondary N) is 1. The quantitative estimate of drug-likeness (QED) is 0.827. The molecule has 0 spiro atoms. The first-order chi connectivity index (χ1) is 10.2. The number of benzene rings is 1. The maximum atomic E-state index is 6.28. The molecule has 1 aliphatic carbocycles. The predicted octanol–water partition coefficient (Wildman–Crippen LogP) is 5.15. The lowest BCUT2D eigenvalue weighted by atomic mass is 10.2. The highest BCUT2D eigenvalue weighted by Crippen LogP contribution is 2.40. The second-order valence-electron chi connectivity index (χ2n) is 5.33. The molecule has 21 heavy (non-hydrogen) atoms. The van der Waals surface area contributed by atoms with Gasteiger partial charge in [-0.15, -0.1) is 0 Å². The van der Waals surface area contributed by atoms with Gasteiger partial charge in [0.25, 0.3) is 0 Å². The molecule has 0 amide bonds. The first-order valence-corrected chi connectivity index (χ1v) is 8.01. The minimum absolute atomic E-state index is 0.569. The molecule has 3 rings (SSSR count). The SMILES string of the molecule is CCCNc1cc(C2CC2)nc(-c2ccc(Cl)cc2Cl)n1. The van der Waals surface area contributed by atoms with Gasteiger partial charge in [0.2, 0.25) is 0 Å². The Morgan fingerprint density at radius 3 is 2.67 bits per heavy atom. The molecular formula is C16H17Cl2N3. The van der Waals surface area contributed by atoms with Crippen molar-refractivity contribution in [3.05, 3.63) is 40.0 Å². The molecule has 0 atom stereocenters. The van der Waals surface area contributed by atoms with E-state index in [1.165, 1.54) is 12.8 Å². The van der Waals surface area contributed by atoms with Crippen molar-refractivity contribution in [2.75, 3.05) is 11.9 Å². The summed E-state index contributed by atoms with van der Waals surface area (Å²) in [5, 5.41) is 4.54. The van der Waals surface area contributed by atoms with Gasteiger partial charge in [-0.25, -0.2) is 9.97 Å². The predicted molar refractivity (Wildman–Crippen MR) is 88.2 cm³/mol. The van der Waals surface area contributed by atoms with E-state index in [0.29, 0.717) is 21.8 Å². The van der Waals surface area contributed by atoms with Crippen LogP contribution in [0, 0.1) is 0 Å². The molecule has 110 valence electrons. The lowest BCUT2D eigenvalue weighted by Gasteiger charge is -2.10. The molecule has 0 radical (unpaired) electrons. The Hall–Kier alpha value is -1.32. The summed E-state index contributed by atoms with van der Waals surface area (Å²) < 4.78 is 0. The molecule has 1 aromatic carbocycles. The standard InChI is InChI=1S/C16H17Cl2N3/c1-2-7-19-15-9-14(10-3-4-10)20-16(21-15)12-6-5-11(17)8-13(12)18/h5-6,8-10H,2-4,7H2,1H3,(H,19,20,21). The summed E-state index contributed by atoms with van der Waals surface area (Å²) in [7, 11) is 0. The molecule has 5 heteroatoms. The monoisotopic (exact) mass is 321 g/mol. The van der Waals surface area contributed by atoms with Gasteiger partial charge in [0.15, 0.2) is 5.82 Å². The van der Waals surface area contributed by atoms with Crippen LogP contribution in [-0.4, -0.2) is 16.5 Å². The van der Waals surface area contributed by atoms with E-state index in [1.807, 2.05) is 12.1 Å². The van der Waals surface area contributed by atoms with E-state index in [2.05, 4.69) is 28.3 Å². The second kappa shape index (κ2) is 6.20. The number of rotatable bonds is 5. The molecule has 3 nitrogen and oxygen atoms in total. The van der Waals surface area contributed by atoms with E-state index in [1.54, 1.807) is 6.07 Å². The van der Waals surface area contributed by atoms with Crippen LogP contribution in [0.4, 0.5) is 5.82 Å². The smallest absolute Gasteiger partial charge is 0.163 e. The highest BCUT2D eigenvalue weighted by molar-refractivity contribution is 6.36. The molecule has 2 aromatic rings. The van der Waals surface area contributed by atoms with Crippen LogP contribution in [0.15, 0.2) is 24.3 Å². The lowest BCUT2D eigenvalue weighted by Crippen LogP contribution is -2.05. The van der Waals surface area contributed by atoms with Crippen LogP contribution in [0.2, 0.25) is 10.0 Å². The molecule has 1 heterocycles. The highest BCUT2D eigenvalue weighted by atomic mass is 35.5. The molecule has 1 aromatic heterocycles. The fraction of sp³-hybridized carbons (Fsp3) is 0.375. The van der Waals surface area contributed by atoms with Crippen LogP contribution in [0.25, 0.3) is 11.4 Å². The van der Waals surface area contributed by atoms with Crippen molar-refractivity contribution in [1.29, 1.82) is 0 Å². The van der Waals surface area contributed by atoms with Gasteiger partial charge in [-0.1, -0.05) is 30.1 Å². The zero-order valence-corrected chi connectivity index (χ0v) is 13.4. The summed E-state index contributed by atoms with van der Waals surface area (Å²) in [5.41, 5.74) is 1.92. The summed E-state index contributed by atoms with van der Waals surface area (Å²) in [6.45, 7) is 3.03. The van der Waals surface area contributed by atoms with Gasteiger partial charge < -0.3 is 5.32 Å². The second-order valence-corrected chi connectivity index (χ2v) is 6.17. The van der Waals surface area contributed by atoms with Crippen LogP contribution in [-0.2, 0) is 0 Å². The Kier molecular flexibility index (Phi) is 4.32. The Morgan fingerprint density at radius 2 is 2.00 bits per heavy atom. The third-order valence-electron chi connectivity index (χ3n) is 3.47. The van der Waals surface area contributed by atoms with Crippen LogP contribution < -0.4 is 5.32 Å². The number of hydrogen-bond acceptors (Lipinski definition) is 3. The zero-order chi connectivity index (χ0) is 14.8. The lowest BCUT2D eigenvalue weighted by molar-refractivity contribution is 0.948. The van der Waals surface area contributed by atoms with E-state index in [0.717, 1.165) is 30.0 Å². The highest BCUT2D eigenvalue weighted by Gasteiger charge is 2.26. The van der Waals surface area contributed by atoms with E-state index >= 15 is 0 Å². The van der Waals surface area contributed by atoms with Crippen LogP contribution in [0.3, 0.4) is 0 Å². The van der Waals surface area contributed by atoms with Crippen molar-refractivity contribution >= 4 is 29.0 Å². The molecule has 1 saturated carbocycles. The van der Waals surface area contributed by atoms with Crippen LogP contribution >= 0.6 is 23.2 Å². The van der Waals surface area contributed by atoms with Gasteiger partial charge in [0, 0.05) is 34.8 Å². The average molecular weight is 322 g/mol. The Morgan fingerprint density at radius 1 is 1.19 bits per heavy atom. The number of aromatic nitrogens is 2. The normalized spacial score (nSPS) is 14.2. The average Bonchev–Trinajstić information content (AvgIpc) is 3.29. The van der Waals surface area contributed by atoms with Gasteiger partial charge in [0.1, 0.15) is 5.82 Å². The molecule has 1 fully saturated rings. The topological polar surface area (TPSA) is 37.8 Å². The maximum Gasteiger partial charge on any atom is 0.163 e. The maximum absolute atomic E-state index is 6.28. The molecular weight excluding hydrogens is 305 g/mol. The summed E-state index contributed by atoms with van der Waals surface area (Å²) in [4.78, 5) is 9.28. The van der Waals surface area contributed by atoms with Gasteiger partial charge in [0.05, 0.1) is 5.02 Å². The van der Waals surface area contributed by atoms with Crippen molar-refractivity contribution in [1.82, 2.24) is 9.97 Å². The molecule has 0 saturated heterocycles. The van der Waals surface area contributed by atoms with E-state index in [-0.39, 0.29) is 0 Å². The third-order valence-corrected chi connectivity index (χ3v) is 4.02. The van der Waals surface area contributed by atoms with Gasteiger partial charge in [-0.3, -0.25) is 0 Å². The summed E-state index contributed by atoms with van der Waals surface area (Å²) in [6, 6.07) is 7.47. The summed E-state index contributed by atoms with van der Waals surface area (Å²) >= 11 is 12.2. The molecule has 1 N–H and O–H groups in total.